The van der Waals surface area contributed by atoms with E-state index in [1.54, 1.807) is 37.8 Å². The lowest BCUT2D eigenvalue weighted by Crippen LogP contribution is -2.05. The number of aryl methyl sites for hydroxylation is 1. The molecule has 0 radical (unpaired) electrons. The molecule has 0 bridgehead atoms. The minimum atomic E-state index is 0.534. The fourth-order valence-corrected chi connectivity index (χ4v) is 2.42. The highest BCUT2D eigenvalue weighted by Crippen LogP contribution is 2.32. The topological polar surface area (TPSA) is 72.0 Å². The van der Waals surface area contributed by atoms with Crippen molar-refractivity contribution in [3.8, 4) is 5.75 Å². The van der Waals surface area contributed by atoms with Crippen molar-refractivity contribution in [1.82, 2.24) is 15.0 Å². The van der Waals surface area contributed by atoms with Gasteiger partial charge in [-0.2, -0.15) is 4.98 Å². The maximum atomic E-state index is 6.14. The standard InChI is InChI=1S/C18H18ClN5O/c1-12-9-15(16(25-2)10-14(12)19)23-17-5-8-21-18(24-17)22-11-13-3-6-20-7-4-13/h3-10H,11H2,1-2H3,(H2,21,22,23,24). The van der Waals surface area contributed by atoms with Gasteiger partial charge in [-0.15, -0.1) is 0 Å². The van der Waals surface area contributed by atoms with Crippen LogP contribution in [0, 0.1) is 6.92 Å². The predicted octanol–water partition coefficient (Wildman–Crippen LogP) is 4.20. The summed E-state index contributed by atoms with van der Waals surface area (Å²) in [6.45, 7) is 2.56. The maximum Gasteiger partial charge on any atom is 0.224 e. The van der Waals surface area contributed by atoms with Gasteiger partial charge < -0.3 is 15.4 Å². The van der Waals surface area contributed by atoms with Crippen molar-refractivity contribution in [3.63, 3.8) is 0 Å². The SMILES string of the molecule is COc1cc(Cl)c(C)cc1Nc1ccnc(NCc2ccncc2)n1. The van der Waals surface area contributed by atoms with Crippen molar-refractivity contribution in [2.45, 2.75) is 13.5 Å². The number of ether oxygens (including phenoxy) is 1. The molecule has 0 atom stereocenters. The number of anilines is 3. The number of pyridine rings is 1. The Morgan fingerprint density at radius 2 is 1.92 bits per heavy atom. The van der Waals surface area contributed by atoms with E-state index in [-0.39, 0.29) is 0 Å². The van der Waals surface area contributed by atoms with Gasteiger partial charge in [0.2, 0.25) is 5.95 Å². The van der Waals surface area contributed by atoms with Crippen LogP contribution in [0.5, 0.6) is 5.75 Å². The number of hydrogen-bond acceptors (Lipinski definition) is 6. The lowest BCUT2D eigenvalue weighted by Gasteiger charge is -2.13. The highest BCUT2D eigenvalue weighted by Gasteiger charge is 2.08. The molecule has 0 aliphatic heterocycles. The summed E-state index contributed by atoms with van der Waals surface area (Å²) in [6, 6.07) is 9.38. The zero-order chi connectivity index (χ0) is 17.6. The third-order valence-corrected chi connectivity index (χ3v) is 4.01. The number of benzene rings is 1. The number of nitrogens with one attached hydrogen (secondary N) is 2. The van der Waals surface area contributed by atoms with Crippen molar-refractivity contribution in [3.05, 3.63) is 65.1 Å². The van der Waals surface area contributed by atoms with Crippen LogP contribution in [-0.2, 0) is 6.54 Å². The fraction of sp³-hybridized carbons (Fsp3) is 0.167. The van der Waals surface area contributed by atoms with E-state index < -0.39 is 0 Å². The van der Waals surface area contributed by atoms with Crippen LogP contribution >= 0.6 is 11.6 Å². The lowest BCUT2D eigenvalue weighted by molar-refractivity contribution is 0.416. The van der Waals surface area contributed by atoms with Crippen LogP contribution in [0.15, 0.2) is 48.9 Å². The molecule has 2 aromatic heterocycles. The van der Waals surface area contributed by atoms with Gasteiger partial charge in [0.15, 0.2) is 0 Å². The van der Waals surface area contributed by atoms with E-state index in [1.165, 1.54) is 0 Å². The minimum Gasteiger partial charge on any atom is -0.495 e. The zero-order valence-electron chi connectivity index (χ0n) is 14.0. The summed E-state index contributed by atoms with van der Waals surface area (Å²) >= 11 is 6.14. The Kier molecular flexibility index (Phi) is 5.30. The molecule has 25 heavy (non-hydrogen) atoms. The molecule has 2 N–H and O–H groups in total. The van der Waals surface area contributed by atoms with Gasteiger partial charge in [0.05, 0.1) is 12.8 Å². The smallest absolute Gasteiger partial charge is 0.224 e. The summed E-state index contributed by atoms with van der Waals surface area (Å²) in [5, 5.41) is 7.10. The van der Waals surface area contributed by atoms with Crippen LogP contribution in [0.4, 0.5) is 17.5 Å². The molecule has 128 valence electrons. The molecular weight excluding hydrogens is 338 g/mol. The molecule has 0 aliphatic rings. The Bertz CT molecular complexity index is 857. The monoisotopic (exact) mass is 355 g/mol. The summed E-state index contributed by atoms with van der Waals surface area (Å²) < 4.78 is 5.38. The molecule has 7 heteroatoms. The lowest BCUT2D eigenvalue weighted by atomic mass is 10.2. The van der Waals surface area contributed by atoms with Gasteiger partial charge in [0, 0.05) is 36.2 Å². The number of methoxy groups -OCH3 is 1. The largest absolute Gasteiger partial charge is 0.495 e. The fourth-order valence-electron chi connectivity index (χ4n) is 2.26. The molecule has 6 nitrogen and oxygen atoms in total. The van der Waals surface area contributed by atoms with Gasteiger partial charge >= 0.3 is 0 Å². The van der Waals surface area contributed by atoms with Gasteiger partial charge in [-0.05, 0) is 42.3 Å². The molecule has 0 saturated carbocycles. The highest BCUT2D eigenvalue weighted by atomic mass is 35.5. The predicted molar refractivity (Wildman–Crippen MR) is 99.6 cm³/mol. The third-order valence-electron chi connectivity index (χ3n) is 3.60. The molecule has 3 rings (SSSR count). The Hall–Kier alpha value is -2.86. The third kappa shape index (κ3) is 4.36. The molecule has 1 aromatic carbocycles. The van der Waals surface area contributed by atoms with E-state index in [4.69, 9.17) is 16.3 Å². The van der Waals surface area contributed by atoms with Crippen molar-refractivity contribution >= 4 is 29.1 Å². The van der Waals surface area contributed by atoms with Crippen LogP contribution in [0.1, 0.15) is 11.1 Å². The molecule has 0 unspecified atom stereocenters. The second-order valence-corrected chi connectivity index (χ2v) is 5.81. The van der Waals surface area contributed by atoms with E-state index in [9.17, 15) is 0 Å². The minimum absolute atomic E-state index is 0.534. The average molecular weight is 356 g/mol. The van der Waals surface area contributed by atoms with Crippen molar-refractivity contribution in [2.24, 2.45) is 0 Å². The second-order valence-electron chi connectivity index (χ2n) is 5.40. The van der Waals surface area contributed by atoms with Crippen LogP contribution in [-0.4, -0.2) is 22.1 Å². The van der Waals surface area contributed by atoms with Gasteiger partial charge in [0.25, 0.3) is 0 Å². The highest BCUT2D eigenvalue weighted by molar-refractivity contribution is 6.31. The van der Waals surface area contributed by atoms with Crippen molar-refractivity contribution < 1.29 is 4.74 Å². The molecule has 0 saturated heterocycles. The summed E-state index contributed by atoms with van der Waals surface area (Å²) in [5.41, 5.74) is 2.85. The van der Waals surface area contributed by atoms with E-state index >= 15 is 0 Å². The first kappa shape index (κ1) is 17.0. The van der Waals surface area contributed by atoms with Gasteiger partial charge in [-0.1, -0.05) is 11.6 Å². The van der Waals surface area contributed by atoms with E-state index in [0.717, 1.165) is 16.8 Å². The van der Waals surface area contributed by atoms with Crippen LogP contribution in [0.25, 0.3) is 0 Å². The van der Waals surface area contributed by atoms with E-state index in [2.05, 4.69) is 25.6 Å². The number of halogens is 1. The second kappa shape index (κ2) is 7.81. The Morgan fingerprint density at radius 3 is 2.68 bits per heavy atom. The zero-order valence-corrected chi connectivity index (χ0v) is 14.7. The van der Waals surface area contributed by atoms with Crippen LogP contribution in [0.3, 0.4) is 0 Å². The Labute approximate surface area is 151 Å². The Morgan fingerprint density at radius 1 is 1.12 bits per heavy atom. The van der Waals surface area contributed by atoms with E-state index in [0.29, 0.717) is 29.1 Å². The normalized spacial score (nSPS) is 10.4. The first-order chi connectivity index (χ1) is 12.2. The summed E-state index contributed by atoms with van der Waals surface area (Å²) in [5.74, 6) is 1.85. The van der Waals surface area contributed by atoms with Crippen molar-refractivity contribution in [1.29, 1.82) is 0 Å². The molecule has 2 heterocycles. The van der Waals surface area contributed by atoms with Crippen molar-refractivity contribution in [2.75, 3.05) is 17.7 Å². The van der Waals surface area contributed by atoms with Gasteiger partial charge in [-0.3, -0.25) is 4.98 Å². The van der Waals surface area contributed by atoms with Crippen LogP contribution in [0.2, 0.25) is 5.02 Å². The number of nitrogens with zero attached hydrogens (tertiary/aromatic N) is 3. The number of aromatic nitrogens is 3. The average Bonchev–Trinajstić information content (AvgIpc) is 2.64. The van der Waals surface area contributed by atoms with Crippen LogP contribution < -0.4 is 15.4 Å². The quantitative estimate of drug-likeness (QED) is 0.690. The number of rotatable bonds is 6. The molecule has 0 amide bonds. The number of hydrogen-bond donors (Lipinski definition) is 2. The molecule has 0 fully saturated rings. The van der Waals surface area contributed by atoms with Gasteiger partial charge in [-0.25, -0.2) is 4.98 Å². The first-order valence-electron chi connectivity index (χ1n) is 7.72. The van der Waals surface area contributed by atoms with Gasteiger partial charge in [0.1, 0.15) is 11.6 Å². The maximum absolute atomic E-state index is 6.14. The Balaban J connectivity index is 1.75. The summed E-state index contributed by atoms with van der Waals surface area (Å²) in [4.78, 5) is 12.7. The van der Waals surface area contributed by atoms with E-state index in [1.807, 2.05) is 25.1 Å². The molecule has 3 aromatic rings. The summed E-state index contributed by atoms with van der Waals surface area (Å²) in [6.07, 6.45) is 5.20. The first-order valence-corrected chi connectivity index (χ1v) is 8.10. The molecule has 0 spiro atoms. The molecular formula is C18H18ClN5O. The molecule has 0 aliphatic carbocycles. The summed E-state index contributed by atoms with van der Waals surface area (Å²) in [7, 11) is 1.61.